The lowest BCUT2D eigenvalue weighted by molar-refractivity contribution is 0.395. The van der Waals surface area contributed by atoms with Gasteiger partial charge in [-0.25, -0.2) is 0 Å². The number of rotatable bonds is 5. The maximum absolute atomic E-state index is 5.15. The van der Waals surface area contributed by atoms with Crippen LogP contribution in [0.5, 0.6) is 0 Å². The van der Waals surface area contributed by atoms with Gasteiger partial charge in [0.05, 0.1) is 5.75 Å². The van der Waals surface area contributed by atoms with E-state index in [0.29, 0.717) is 0 Å². The molecule has 0 bridgehead atoms. The van der Waals surface area contributed by atoms with Crippen molar-refractivity contribution >= 4 is 11.8 Å². The minimum absolute atomic E-state index is 0.729. The molecule has 1 heterocycles. The Morgan fingerprint density at radius 2 is 2.23 bits per heavy atom. The van der Waals surface area contributed by atoms with Crippen molar-refractivity contribution in [2.75, 3.05) is 31.1 Å². The minimum Gasteiger partial charge on any atom is -0.317 e. The van der Waals surface area contributed by atoms with Crippen LogP contribution in [0.2, 0.25) is 0 Å². The quantitative estimate of drug-likeness (QED) is 0.502. The molecule has 1 aliphatic rings. The van der Waals surface area contributed by atoms with Gasteiger partial charge in [0.1, 0.15) is 0 Å². The Balaban J connectivity index is 1.90. The smallest absolute Gasteiger partial charge is 0.0545 e. The molecule has 0 atom stereocenters. The molecule has 13 heavy (non-hydrogen) atoms. The molecule has 1 aliphatic heterocycles. The van der Waals surface area contributed by atoms with E-state index in [4.69, 9.17) is 6.42 Å². The minimum atomic E-state index is 0.729. The first-order valence-corrected chi connectivity index (χ1v) is 6.04. The zero-order valence-corrected chi connectivity index (χ0v) is 8.83. The lowest BCUT2D eigenvalue weighted by Gasteiger charge is -2.23. The van der Waals surface area contributed by atoms with E-state index < -0.39 is 0 Å². The van der Waals surface area contributed by atoms with E-state index in [2.05, 4.69) is 16.6 Å². The molecular weight excluding hydrogens is 180 g/mol. The highest BCUT2D eigenvalue weighted by molar-refractivity contribution is 7.99. The van der Waals surface area contributed by atoms with Gasteiger partial charge in [0.2, 0.25) is 0 Å². The monoisotopic (exact) mass is 198 g/mol. The largest absolute Gasteiger partial charge is 0.317 e. The highest BCUT2D eigenvalue weighted by atomic mass is 32.2. The Morgan fingerprint density at radius 1 is 1.46 bits per heavy atom. The molecule has 1 fully saturated rings. The first-order valence-electron chi connectivity index (χ1n) is 4.89. The van der Waals surface area contributed by atoms with Crippen LogP contribution in [0.3, 0.4) is 0 Å². The predicted molar refractivity (Wildman–Crippen MR) is 60.1 cm³/mol. The summed E-state index contributed by atoms with van der Waals surface area (Å²) in [5.41, 5.74) is 0. The maximum atomic E-state index is 5.15. The number of thioether (sulfide) groups is 1. The van der Waals surface area contributed by atoms with Crippen LogP contribution in [0.4, 0.5) is 0 Å². The molecule has 0 radical (unpaired) electrons. The molecule has 0 aromatic heterocycles. The van der Waals surface area contributed by atoms with E-state index in [9.17, 15) is 0 Å². The van der Waals surface area contributed by atoms with Crippen LogP contribution in [0.25, 0.3) is 0 Å². The van der Waals surface area contributed by atoms with Crippen molar-refractivity contribution in [2.45, 2.75) is 18.9 Å². The second-order valence-corrected chi connectivity index (χ2v) is 4.34. The van der Waals surface area contributed by atoms with Gasteiger partial charge in [-0.05, 0) is 25.9 Å². The molecule has 74 valence electrons. The Labute approximate surface area is 85.2 Å². The first kappa shape index (κ1) is 10.9. The highest BCUT2D eigenvalue weighted by Gasteiger charge is 2.10. The lowest BCUT2D eigenvalue weighted by Crippen LogP contribution is -2.40. The Hall–Kier alpha value is -0.170. The van der Waals surface area contributed by atoms with Gasteiger partial charge < -0.3 is 10.6 Å². The molecule has 2 N–H and O–H groups in total. The van der Waals surface area contributed by atoms with Gasteiger partial charge in [0.15, 0.2) is 0 Å². The molecule has 0 aliphatic carbocycles. The van der Waals surface area contributed by atoms with Crippen molar-refractivity contribution in [1.29, 1.82) is 0 Å². The van der Waals surface area contributed by atoms with Gasteiger partial charge in [0.25, 0.3) is 0 Å². The summed E-state index contributed by atoms with van der Waals surface area (Å²) in [6.07, 6.45) is 7.68. The molecule has 0 aromatic rings. The molecule has 0 unspecified atom stereocenters. The second-order valence-electron chi connectivity index (χ2n) is 3.24. The summed E-state index contributed by atoms with van der Waals surface area (Å²) >= 11 is 1.83. The van der Waals surface area contributed by atoms with Crippen LogP contribution in [0.1, 0.15) is 12.8 Å². The van der Waals surface area contributed by atoms with Crippen molar-refractivity contribution in [3.63, 3.8) is 0 Å². The molecule has 3 heteroatoms. The molecular formula is C10H18N2S. The number of piperidine rings is 1. The number of hydrogen-bond donors (Lipinski definition) is 2. The van der Waals surface area contributed by atoms with Gasteiger partial charge >= 0.3 is 0 Å². The summed E-state index contributed by atoms with van der Waals surface area (Å²) in [6.45, 7) is 3.42. The third-order valence-electron chi connectivity index (χ3n) is 2.20. The van der Waals surface area contributed by atoms with Crippen molar-refractivity contribution in [3.05, 3.63) is 0 Å². The zero-order chi connectivity index (χ0) is 9.36. The summed E-state index contributed by atoms with van der Waals surface area (Å²) in [5.74, 6) is 4.61. The van der Waals surface area contributed by atoms with Crippen molar-refractivity contribution < 1.29 is 0 Å². The van der Waals surface area contributed by atoms with Crippen LogP contribution < -0.4 is 10.6 Å². The van der Waals surface area contributed by atoms with E-state index in [0.717, 1.165) is 37.2 Å². The van der Waals surface area contributed by atoms with Crippen LogP contribution >= 0.6 is 11.8 Å². The molecule has 1 rings (SSSR count). The highest BCUT2D eigenvalue weighted by Crippen LogP contribution is 2.02. The van der Waals surface area contributed by atoms with Gasteiger partial charge in [0, 0.05) is 18.3 Å². The topological polar surface area (TPSA) is 24.1 Å². The fourth-order valence-electron chi connectivity index (χ4n) is 1.49. The maximum Gasteiger partial charge on any atom is 0.0545 e. The number of hydrogen-bond acceptors (Lipinski definition) is 3. The van der Waals surface area contributed by atoms with Crippen LogP contribution in [-0.4, -0.2) is 37.2 Å². The van der Waals surface area contributed by atoms with Crippen LogP contribution in [-0.2, 0) is 0 Å². The van der Waals surface area contributed by atoms with E-state index in [-0.39, 0.29) is 0 Å². The van der Waals surface area contributed by atoms with Crippen molar-refractivity contribution in [1.82, 2.24) is 10.6 Å². The first-order chi connectivity index (χ1) is 6.43. The summed E-state index contributed by atoms with van der Waals surface area (Å²) in [5, 5.41) is 6.90. The van der Waals surface area contributed by atoms with Crippen molar-refractivity contribution in [3.8, 4) is 12.3 Å². The Bertz CT molecular complexity index is 159. The summed E-state index contributed by atoms with van der Waals surface area (Å²) in [6, 6.07) is 0.729. The number of nitrogens with one attached hydrogen (secondary N) is 2. The van der Waals surface area contributed by atoms with E-state index >= 15 is 0 Å². The Kier molecular flexibility index (Phi) is 6.09. The molecule has 0 spiro atoms. The average molecular weight is 198 g/mol. The van der Waals surface area contributed by atoms with Gasteiger partial charge in [-0.3, -0.25) is 0 Å². The Morgan fingerprint density at radius 3 is 2.92 bits per heavy atom. The number of terminal acetylenes is 1. The van der Waals surface area contributed by atoms with Crippen LogP contribution in [0.15, 0.2) is 0 Å². The van der Waals surface area contributed by atoms with Gasteiger partial charge in [-0.1, -0.05) is 5.92 Å². The summed E-state index contributed by atoms with van der Waals surface area (Å²) < 4.78 is 0. The van der Waals surface area contributed by atoms with Gasteiger partial charge in [-0.2, -0.15) is 0 Å². The zero-order valence-electron chi connectivity index (χ0n) is 8.01. The summed E-state index contributed by atoms with van der Waals surface area (Å²) in [4.78, 5) is 0. The van der Waals surface area contributed by atoms with Gasteiger partial charge in [-0.15, -0.1) is 18.2 Å². The molecule has 0 amide bonds. The van der Waals surface area contributed by atoms with Crippen LogP contribution in [0, 0.1) is 12.3 Å². The lowest BCUT2D eigenvalue weighted by atomic mass is 10.1. The normalized spacial score (nSPS) is 18.4. The third-order valence-corrected chi connectivity index (χ3v) is 3.07. The third kappa shape index (κ3) is 5.20. The van der Waals surface area contributed by atoms with Crippen molar-refractivity contribution in [2.24, 2.45) is 0 Å². The molecule has 1 saturated heterocycles. The molecule has 0 aromatic carbocycles. The SMILES string of the molecule is C#CCSCCNC1CCNCC1. The molecule has 2 nitrogen and oxygen atoms in total. The van der Waals surface area contributed by atoms with E-state index in [1.54, 1.807) is 0 Å². The standard InChI is InChI=1S/C10H18N2S/c1-2-8-13-9-7-12-10-3-5-11-6-4-10/h1,10-12H,3-9H2. The summed E-state index contributed by atoms with van der Waals surface area (Å²) in [7, 11) is 0. The van der Waals surface area contributed by atoms with E-state index in [1.807, 2.05) is 11.8 Å². The molecule has 0 saturated carbocycles. The van der Waals surface area contributed by atoms with E-state index in [1.165, 1.54) is 12.8 Å². The fraction of sp³-hybridized carbons (Fsp3) is 0.800. The fourth-order valence-corrected chi connectivity index (χ4v) is 2.02. The second kappa shape index (κ2) is 7.25. The predicted octanol–water partition coefficient (Wildman–Crippen LogP) is 0.694. The average Bonchev–Trinajstić information content (AvgIpc) is 2.19.